The van der Waals surface area contributed by atoms with Gasteiger partial charge in [0, 0.05) is 29.4 Å². The van der Waals surface area contributed by atoms with Gasteiger partial charge in [-0.2, -0.15) is 5.26 Å². The summed E-state index contributed by atoms with van der Waals surface area (Å²) < 4.78 is 0. The maximum Gasteiger partial charge on any atom is 0.227 e. The Balaban J connectivity index is 1.72. The largest absolute Gasteiger partial charge is 0.325 e. The molecule has 0 bridgehead atoms. The number of nitrogens with one attached hydrogen (secondary N) is 3. The van der Waals surface area contributed by atoms with Gasteiger partial charge in [0.2, 0.25) is 11.9 Å². The fraction of sp³-hybridized carbons (Fsp3) is 0.308. The fourth-order valence-electron chi connectivity index (χ4n) is 3.15. The van der Waals surface area contributed by atoms with Gasteiger partial charge in [0.15, 0.2) is 0 Å². The third kappa shape index (κ3) is 6.86. The van der Waals surface area contributed by atoms with Gasteiger partial charge in [-0.05, 0) is 48.9 Å². The molecule has 0 spiro atoms. The zero-order valence-corrected chi connectivity index (χ0v) is 19.5. The standard InChI is InChI=1S/C26H30N6O/c1-17(2)25(33)31-23-10-7-20(15-21(23)16-27)24-12-14-29-26(32-24)30-22-8-5-19(6-9-22)11-13-28-18(3)4/h5-10,12,14-15,17-18,28H,11,13H2,1-4H3,(H,31,33)(H,29,30,32). The minimum atomic E-state index is -0.169. The van der Waals surface area contributed by atoms with E-state index in [0.29, 0.717) is 28.9 Å². The van der Waals surface area contributed by atoms with Crippen molar-refractivity contribution in [3.63, 3.8) is 0 Å². The SMILES string of the molecule is CC(C)NCCc1ccc(Nc2nccc(-c3ccc(NC(=O)C(C)C)c(C#N)c3)n2)cc1. The zero-order chi connectivity index (χ0) is 23.8. The highest BCUT2D eigenvalue weighted by molar-refractivity contribution is 5.93. The Morgan fingerprint density at radius 3 is 2.48 bits per heavy atom. The van der Waals surface area contributed by atoms with E-state index in [2.05, 4.69) is 58.0 Å². The van der Waals surface area contributed by atoms with Crippen LogP contribution in [-0.2, 0) is 11.2 Å². The van der Waals surface area contributed by atoms with E-state index in [4.69, 9.17) is 0 Å². The Morgan fingerprint density at radius 2 is 1.82 bits per heavy atom. The molecule has 0 unspecified atom stereocenters. The lowest BCUT2D eigenvalue weighted by molar-refractivity contribution is -0.118. The van der Waals surface area contributed by atoms with Gasteiger partial charge in [0.1, 0.15) is 6.07 Å². The van der Waals surface area contributed by atoms with Gasteiger partial charge in [-0.25, -0.2) is 9.97 Å². The number of aromatic nitrogens is 2. The monoisotopic (exact) mass is 442 g/mol. The molecule has 1 heterocycles. The predicted octanol–water partition coefficient (Wildman–Crippen LogP) is 4.89. The Bertz CT molecular complexity index is 1130. The second kappa shape index (κ2) is 11.2. The fourth-order valence-corrected chi connectivity index (χ4v) is 3.15. The van der Waals surface area contributed by atoms with Crippen molar-refractivity contribution in [1.29, 1.82) is 5.26 Å². The molecule has 0 saturated heterocycles. The maximum absolute atomic E-state index is 12.0. The van der Waals surface area contributed by atoms with Crippen molar-refractivity contribution in [1.82, 2.24) is 15.3 Å². The first-order valence-corrected chi connectivity index (χ1v) is 11.1. The number of nitrogens with zero attached hydrogens (tertiary/aromatic N) is 3. The molecule has 1 aromatic heterocycles. The van der Waals surface area contributed by atoms with Gasteiger partial charge in [-0.3, -0.25) is 4.79 Å². The van der Waals surface area contributed by atoms with Crippen LogP contribution in [0.3, 0.4) is 0 Å². The van der Waals surface area contributed by atoms with Crippen LogP contribution in [0, 0.1) is 17.2 Å². The molecular weight excluding hydrogens is 412 g/mol. The zero-order valence-electron chi connectivity index (χ0n) is 19.5. The highest BCUT2D eigenvalue weighted by atomic mass is 16.1. The van der Waals surface area contributed by atoms with Crippen LogP contribution in [0.15, 0.2) is 54.7 Å². The van der Waals surface area contributed by atoms with Gasteiger partial charge in [-0.1, -0.05) is 45.9 Å². The molecule has 1 amide bonds. The minimum absolute atomic E-state index is 0.130. The average Bonchev–Trinajstić information content (AvgIpc) is 2.80. The van der Waals surface area contributed by atoms with Crippen LogP contribution in [0.1, 0.15) is 38.8 Å². The molecular formula is C26H30N6O. The summed E-state index contributed by atoms with van der Waals surface area (Å²) in [6.45, 7) is 8.84. The Morgan fingerprint density at radius 1 is 1.06 bits per heavy atom. The molecule has 7 heteroatoms. The van der Waals surface area contributed by atoms with Crippen molar-refractivity contribution >= 4 is 23.2 Å². The van der Waals surface area contributed by atoms with E-state index in [-0.39, 0.29) is 11.8 Å². The molecule has 0 atom stereocenters. The summed E-state index contributed by atoms with van der Waals surface area (Å²) in [6, 6.07) is 17.9. The predicted molar refractivity (Wildman–Crippen MR) is 132 cm³/mol. The number of amides is 1. The van der Waals surface area contributed by atoms with Crippen LogP contribution in [0.5, 0.6) is 0 Å². The van der Waals surface area contributed by atoms with Gasteiger partial charge in [0.25, 0.3) is 0 Å². The smallest absolute Gasteiger partial charge is 0.227 e. The first-order valence-electron chi connectivity index (χ1n) is 11.1. The number of carbonyl (C=O) groups excluding carboxylic acids is 1. The van der Waals surface area contributed by atoms with Crippen LogP contribution in [0.25, 0.3) is 11.3 Å². The number of hydrogen-bond donors (Lipinski definition) is 3. The summed E-state index contributed by atoms with van der Waals surface area (Å²) in [7, 11) is 0. The van der Waals surface area contributed by atoms with Gasteiger partial charge < -0.3 is 16.0 Å². The Labute approximate surface area is 195 Å². The van der Waals surface area contributed by atoms with Crippen LogP contribution < -0.4 is 16.0 Å². The number of nitriles is 1. The number of anilines is 3. The summed E-state index contributed by atoms with van der Waals surface area (Å²) in [4.78, 5) is 20.9. The van der Waals surface area contributed by atoms with Crippen LogP contribution in [0.4, 0.5) is 17.3 Å². The summed E-state index contributed by atoms with van der Waals surface area (Å²) in [5.41, 5.74) is 4.50. The van der Waals surface area contributed by atoms with E-state index in [1.807, 2.05) is 32.0 Å². The van der Waals surface area contributed by atoms with Crippen molar-refractivity contribution in [3.05, 3.63) is 65.9 Å². The molecule has 0 radical (unpaired) electrons. The molecule has 0 aliphatic rings. The molecule has 3 aromatic rings. The first kappa shape index (κ1) is 23.9. The summed E-state index contributed by atoms with van der Waals surface area (Å²) in [6.07, 6.45) is 2.65. The normalized spacial score (nSPS) is 10.8. The number of rotatable bonds is 9. The average molecular weight is 443 g/mol. The van der Waals surface area contributed by atoms with Crippen LogP contribution >= 0.6 is 0 Å². The lowest BCUT2D eigenvalue weighted by Gasteiger charge is -2.11. The van der Waals surface area contributed by atoms with Gasteiger partial charge in [-0.15, -0.1) is 0 Å². The number of carbonyl (C=O) groups is 1. The van der Waals surface area contributed by atoms with Crippen molar-refractivity contribution < 1.29 is 4.79 Å². The quantitative estimate of drug-likeness (QED) is 0.436. The van der Waals surface area contributed by atoms with Gasteiger partial charge >= 0.3 is 0 Å². The van der Waals surface area contributed by atoms with Crippen molar-refractivity contribution in [2.75, 3.05) is 17.2 Å². The third-order valence-corrected chi connectivity index (χ3v) is 5.05. The molecule has 7 nitrogen and oxygen atoms in total. The van der Waals surface area contributed by atoms with Crippen molar-refractivity contribution in [3.8, 4) is 17.3 Å². The second-order valence-electron chi connectivity index (χ2n) is 8.46. The highest BCUT2D eigenvalue weighted by Crippen LogP contribution is 2.25. The lowest BCUT2D eigenvalue weighted by atomic mass is 10.1. The van der Waals surface area contributed by atoms with E-state index in [1.165, 1.54) is 5.56 Å². The summed E-state index contributed by atoms with van der Waals surface area (Å²) in [5, 5.41) is 19.0. The first-order chi connectivity index (χ1) is 15.9. The second-order valence-corrected chi connectivity index (χ2v) is 8.46. The third-order valence-electron chi connectivity index (χ3n) is 5.05. The topological polar surface area (TPSA) is 103 Å². The Kier molecular flexibility index (Phi) is 8.11. The molecule has 3 N–H and O–H groups in total. The van der Waals surface area contributed by atoms with Crippen molar-refractivity contribution in [2.24, 2.45) is 5.92 Å². The van der Waals surface area contributed by atoms with Crippen molar-refractivity contribution in [2.45, 2.75) is 40.2 Å². The number of hydrogen-bond acceptors (Lipinski definition) is 6. The summed E-state index contributed by atoms with van der Waals surface area (Å²) >= 11 is 0. The molecule has 2 aromatic carbocycles. The van der Waals surface area contributed by atoms with E-state index in [1.54, 1.807) is 24.4 Å². The molecule has 33 heavy (non-hydrogen) atoms. The molecule has 0 aliphatic heterocycles. The Hall–Kier alpha value is -3.76. The number of benzene rings is 2. The molecule has 0 fully saturated rings. The molecule has 3 rings (SSSR count). The van der Waals surface area contributed by atoms with E-state index < -0.39 is 0 Å². The maximum atomic E-state index is 12.0. The van der Waals surface area contributed by atoms with E-state index >= 15 is 0 Å². The molecule has 0 saturated carbocycles. The lowest BCUT2D eigenvalue weighted by Crippen LogP contribution is -2.24. The minimum Gasteiger partial charge on any atom is -0.325 e. The van der Waals surface area contributed by atoms with Gasteiger partial charge in [0.05, 0.1) is 16.9 Å². The van der Waals surface area contributed by atoms with Crippen LogP contribution in [-0.4, -0.2) is 28.5 Å². The van der Waals surface area contributed by atoms with Crippen LogP contribution in [0.2, 0.25) is 0 Å². The van der Waals surface area contributed by atoms with E-state index in [0.717, 1.165) is 24.2 Å². The molecule has 0 aliphatic carbocycles. The van der Waals surface area contributed by atoms with E-state index in [9.17, 15) is 10.1 Å². The summed E-state index contributed by atoms with van der Waals surface area (Å²) in [5.74, 6) is 0.171. The molecule has 170 valence electrons. The highest BCUT2D eigenvalue weighted by Gasteiger charge is 2.12.